The first-order valence-corrected chi connectivity index (χ1v) is 8.81. The van der Waals surface area contributed by atoms with Gasteiger partial charge in [-0.25, -0.2) is 17.5 Å². The number of rotatable bonds is 5. The molecule has 0 fully saturated rings. The fourth-order valence-electron chi connectivity index (χ4n) is 2.39. The van der Waals surface area contributed by atoms with Crippen LogP contribution in [0.1, 0.15) is 5.69 Å². The molecule has 0 amide bonds. The van der Waals surface area contributed by atoms with E-state index in [4.69, 9.17) is 0 Å². The maximum absolute atomic E-state index is 14.2. The highest BCUT2D eigenvalue weighted by Gasteiger charge is 2.25. The molecule has 0 radical (unpaired) electrons. The van der Waals surface area contributed by atoms with Gasteiger partial charge in [0.2, 0.25) is 9.84 Å². The average Bonchev–Trinajstić information content (AvgIpc) is 3.01. The van der Waals surface area contributed by atoms with Crippen LogP contribution >= 0.6 is 12.4 Å². The minimum atomic E-state index is -3.83. The van der Waals surface area contributed by atoms with Crippen molar-refractivity contribution in [1.82, 2.24) is 15.1 Å². The van der Waals surface area contributed by atoms with Gasteiger partial charge in [-0.05, 0) is 31.3 Å². The molecule has 0 aliphatic rings. The molecule has 0 bridgehead atoms. The Morgan fingerprint density at radius 1 is 1.08 bits per heavy atom. The number of aromatic nitrogens is 2. The molecule has 2 aromatic carbocycles. The van der Waals surface area contributed by atoms with Gasteiger partial charge in [0.15, 0.2) is 5.03 Å². The number of para-hydroxylation sites is 1. The largest absolute Gasteiger partial charge is 0.314 e. The van der Waals surface area contributed by atoms with Crippen LogP contribution in [0.25, 0.3) is 5.69 Å². The second-order valence-corrected chi connectivity index (χ2v) is 7.08. The summed E-state index contributed by atoms with van der Waals surface area (Å²) in [5, 5.41) is 7.11. The van der Waals surface area contributed by atoms with Gasteiger partial charge in [-0.2, -0.15) is 5.10 Å². The first kappa shape index (κ1) is 19.1. The summed E-state index contributed by atoms with van der Waals surface area (Å²) in [5.41, 5.74) is 0.601. The third kappa shape index (κ3) is 3.73. The molecule has 0 spiro atoms. The fourth-order valence-corrected chi connectivity index (χ4v) is 3.80. The molecule has 132 valence electrons. The molecule has 0 saturated heterocycles. The molecular formula is C17H17ClFN3O2S. The Balaban J connectivity index is 0.00000225. The maximum atomic E-state index is 14.2. The zero-order chi connectivity index (χ0) is 17.2. The number of sulfone groups is 1. The van der Waals surface area contributed by atoms with Gasteiger partial charge in [-0.1, -0.05) is 30.3 Å². The Labute approximate surface area is 151 Å². The second kappa shape index (κ2) is 7.77. The lowest BCUT2D eigenvalue weighted by Crippen LogP contribution is -2.11. The third-order valence-electron chi connectivity index (χ3n) is 3.49. The molecule has 25 heavy (non-hydrogen) atoms. The number of hydrogen-bond acceptors (Lipinski definition) is 4. The summed E-state index contributed by atoms with van der Waals surface area (Å²) in [7, 11) is -2.10. The Morgan fingerprint density at radius 3 is 2.36 bits per heavy atom. The van der Waals surface area contributed by atoms with Gasteiger partial charge >= 0.3 is 0 Å². The van der Waals surface area contributed by atoms with E-state index in [9.17, 15) is 12.8 Å². The van der Waals surface area contributed by atoms with Gasteiger partial charge in [-0.3, -0.25) is 0 Å². The second-order valence-electron chi connectivity index (χ2n) is 5.18. The zero-order valence-electron chi connectivity index (χ0n) is 13.4. The fraction of sp³-hybridized carbons (Fsp3) is 0.118. The van der Waals surface area contributed by atoms with Crippen molar-refractivity contribution in [2.45, 2.75) is 16.5 Å². The summed E-state index contributed by atoms with van der Waals surface area (Å²) in [5.74, 6) is -0.541. The predicted molar refractivity (Wildman–Crippen MR) is 95.4 cm³/mol. The third-order valence-corrected chi connectivity index (χ3v) is 5.23. The summed E-state index contributed by atoms with van der Waals surface area (Å²) in [6, 6.07) is 15.4. The highest BCUT2D eigenvalue weighted by Crippen LogP contribution is 2.25. The molecule has 0 saturated carbocycles. The van der Waals surface area contributed by atoms with Crippen molar-refractivity contribution < 1.29 is 12.8 Å². The predicted octanol–water partition coefficient (Wildman–Crippen LogP) is 2.99. The lowest BCUT2D eigenvalue weighted by Gasteiger charge is -2.09. The molecule has 0 aliphatic carbocycles. The molecule has 1 N–H and O–H groups in total. The van der Waals surface area contributed by atoms with Crippen molar-refractivity contribution in [3.63, 3.8) is 0 Å². The normalized spacial score (nSPS) is 11.1. The van der Waals surface area contributed by atoms with E-state index in [1.54, 1.807) is 37.4 Å². The number of benzene rings is 2. The summed E-state index contributed by atoms with van der Waals surface area (Å²) in [4.78, 5) is 0.137. The first-order chi connectivity index (χ1) is 11.5. The Hall–Kier alpha value is -2.22. The summed E-state index contributed by atoms with van der Waals surface area (Å²) in [6.45, 7) is 0.374. The topological polar surface area (TPSA) is 64.0 Å². The Bertz CT molecular complexity index is 959. The Morgan fingerprint density at radius 2 is 1.72 bits per heavy atom. The summed E-state index contributed by atoms with van der Waals surface area (Å²) >= 11 is 0. The van der Waals surface area contributed by atoms with Crippen LogP contribution in [0.4, 0.5) is 4.39 Å². The van der Waals surface area contributed by atoms with Crippen LogP contribution < -0.4 is 5.32 Å². The van der Waals surface area contributed by atoms with Crippen LogP contribution in [-0.2, 0) is 16.4 Å². The van der Waals surface area contributed by atoms with Crippen LogP contribution in [0.2, 0.25) is 0 Å². The van der Waals surface area contributed by atoms with Gasteiger partial charge in [0.25, 0.3) is 0 Å². The molecule has 0 atom stereocenters. The van der Waals surface area contributed by atoms with Gasteiger partial charge in [-0.15, -0.1) is 12.4 Å². The van der Waals surface area contributed by atoms with Crippen LogP contribution in [0.3, 0.4) is 0 Å². The SMILES string of the molecule is CNCc1cc(S(=O)(=O)c2ccccc2)n(-c2ccccc2F)n1.Cl. The van der Waals surface area contributed by atoms with Crippen LogP contribution in [-0.4, -0.2) is 25.2 Å². The number of nitrogens with one attached hydrogen (secondary N) is 1. The van der Waals surface area contributed by atoms with E-state index in [0.29, 0.717) is 12.2 Å². The number of nitrogens with zero attached hydrogens (tertiary/aromatic N) is 2. The lowest BCUT2D eigenvalue weighted by molar-refractivity contribution is 0.575. The zero-order valence-corrected chi connectivity index (χ0v) is 15.0. The van der Waals surface area contributed by atoms with Crippen LogP contribution in [0.5, 0.6) is 0 Å². The molecule has 0 aliphatic heterocycles. The summed E-state index contributed by atoms with van der Waals surface area (Å²) in [6.07, 6.45) is 0. The highest BCUT2D eigenvalue weighted by atomic mass is 35.5. The highest BCUT2D eigenvalue weighted by molar-refractivity contribution is 7.91. The van der Waals surface area contributed by atoms with E-state index in [-0.39, 0.29) is 28.0 Å². The minimum Gasteiger partial charge on any atom is -0.314 e. The van der Waals surface area contributed by atoms with E-state index >= 15 is 0 Å². The van der Waals surface area contributed by atoms with Gasteiger partial charge in [0.1, 0.15) is 11.5 Å². The van der Waals surface area contributed by atoms with Crippen molar-refractivity contribution in [1.29, 1.82) is 0 Å². The lowest BCUT2D eigenvalue weighted by atomic mass is 10.3. The molecule has 8 heteroatoms. The standard InChI is InChI=1S/C17H16FN3O2S.ClH/c1-19-12-13-11-17(24(22,23)14-7-3-2-4-8-14)21(20-13)16-10-6-5-9-15(16)18;/h2-11,19H,12H2,1H3;1H. The van der Waals surface area contributed by atoms with Crippen molar-refractivity contribution in [2.24, 2.45) is 0 Å². The maximum Gasteiger partial charge on any atom is 0.223 e. The molecule has 1 heterocycles. The van der Waals surface area contributed by atoms with E-state index in [1.807, 2.05) is 0 Å². The number of hydrogen-bond donors (Lipinski definition) is 1. The molecular weight excluding hydrogens is 365 g/mol. The molecule has 3 rings (SSSR count). The molecule has 5 nitrogen and oxygen atoms in total. The van der Waals surface area contributed by atoms with E-state index in [2.05, 4.69) is 10.4 Å². The smallest absolute Gasteiger partial charge is 0.223 e. The van der Waals surface area contributed by atoms with E-state index in [0.717, 1.165) is 4.68 Å². The van der Waals surface area contributed by atoms with Crippen molar-refractivity contribution >= 4 is 22.2 Å². The van der Waals surface area contributed by atoms with Crippen LogP contribution in [0.15, 0.2) is 70.6 Å². The molecule has 0 unspecified atom stereocenters. The van der Waals surface area contributed by atoms with Gasteiger partial charge in [0, 0.05) is 12.6 Å². The number of halogens is 2. The monoisotopic (exact) mass is 381 g/mol. The molecule has 1 aromatic heterocycles. The van der Waals surface area contributed by atoms with Crippen LogP contribution in [0, 0.1) is 5.82 Å². The van der Waals surface area contributed by atoms with Crippen molar-refractivity contribution in [2.75, 3.05) is 7.05 Å². The van der Waals surface area contributed by atoms with E-state index in [1.165, 1.54) is 30.3 Å². The summed E-state index contributed by atoms with van der Waals surface area (Å²) < 4.78 is 41.2. The van der Waals surface area contributed by atoms with Gasteiger partial charge < -0.3 is 5.32 Å². The first-order valence-electron chi connectivity index (χ1n) is 7.32. The van der Waals surface area contributed by atoms with Crippen molar-refractivity contribution in [3.05, 3.63) is 72.2 Å². The molecule has 3 aromatic rings. The Kier molecular flexibility index (Phi) is 5.94. The quantitative estimate of drug-likeness (QED) is 0.738. The average molecular weight is 382 g/mol. The minimum absolute atomic E-state index is 0. The van der Waals surface area contributed by atoms with Gasteiger partial charge in [0.05, 0.1) is 10.6 Å². The van der Waals surface area contributed by atoms with E-state index < -0.39 is 15.7 Å². The van der Waals surface area contributed by atoms with Crippen molar-refractivity contribution in [3.8, 4) is 5.69 Å².